The smallest absolute Gasteiger partial charge is 0.339 e. The van der Waals surface area contributed by atoms with Gasteiger partial charge in [-0.05, 0) is 12.1 Å². The number of ketones is 1. The molecule has 0 saturated carbocycles. The second-order valence-corrected chi connectivity index (χ2v) is 2.74. The summed E-state index contributed by atoms with van der Waals surface area (Å²) in [6.45, 7) is 3.17. The molecule has 4 nitrogen and oxygen atoms in total. The van der Waals surface area contributed by atoms with Gasteiger partial charge in [-0.15, -0.1) is 0 Å². The average molecular weight is 191 g/mol. The predicted molar refractivity (Wildman–Crippen MR) is 52.0 cm³/mol. The molecule has 1 aromatic carbocycles. The minimum Gasteiger partial charge on any atom is -0.478 e. The van der Waals surface area contributed by atoms with Gasteiger partial charge in [0.2, 0.25) is 0 Å². The van der Waals surface area contributed by atoms with Gasteiger partial charge in [0.25, 0.3) is 0 Å². The number of carbonyl (C=O) groups excluding carboxylic acids is 1. The zero-order valence-corrected chi connectivity index (χ0v) is 7.36. The molecule has 0 aliphatic heterocycles. The number of rotatable bonds is 3. The summed E-state index contributed by atoms with van der Waals surface area (Å²) in [5.74, 6) is -1.94. The van der Waals surface area contributed by atoms with Gasteiger partial charge in [0, 0.05) is 11.3 Å². The molecule has 0 aromatic heterocycles. The molecule has 3 N–H and O–H groups in total. The Balaban J connectivity index is 3.01. The van der Waals surface area contributed by atoms with Crippen LogP contribution in [0.2, 0.25) is 0 Å². The van der Waals surface area contributed by atoms with E-state index >= 15 is 0 Å². The number of carbonyl (C=O) groups is 2. The zero-order chi connectivity index (χ0) is 10.7. The van der Waals surface area contributed by atoms with Gasteiger partial charge in [-0.2, -0.15) is 0 Å². The maximum atomic E-state index is 11.4. The maximum Gasteiger partial charge on any atom is 0.339 e. The van der Waals surface area contributed by atoms with Gasteiger partial charge in [-0.25, -0.2) is 4.79 Å². The van der Waals surface area contributed by atoms with Gasteiger partial charge in [0.05, 0.1) is 0 Å². The van der Waals surface area contributed by atoms with Crippen LogP contribution in [0, 0.1) is 0 Å². The number of carboxylic acids is 1. The van der Waals surface area contributed by atoms with Crippen LogP contribution in [0.5, 0.6) is 0 Å². The van der Waals surface area contributed by atoms with Crippen LogP contribution in [0.1, 0.15) is 10.4 Å². The van der Waals surface area contributed by atoms with Crippen LogP contribution in [-0.4, -0.2) is 16.9 Å². The first-order valence-corrected chi connectivity index (χ1v) is 3.85. The molecule has 14 heavy (non-hydrogen) atoms. The van der Waals surface area contributed by atoms with Crippen LogP contribution in [0.3, 0.4) is 0 Å². The highest BCUT2D eigenvalue weighted by molar-refractivity contribution is 6.23. The molecule has 0 amide bonds. The molecule has 0 heterocycles. The fourth-order valence-corrected chi connectivity index (χ4v) is 0.951. The summed E-state index contributed by atoms with van der Waals surface area (Å²) in [6.07, 6.45) is 0. The van der Waals surface area contributed by atoms with Crippen molar-refractivity contribution in [3.05, 3.63) is 42.0 Å². The molecule has 72 valence electrons. The molecule has 0 atom stereocenters. The van der Waals surface area contributed by atoms with E-state index in [0.717, 1.165) is 0 Å². The first-order chi connectivity index (χ1) is 6.52. The molecular weight excluding hydrogens is 182 g/mol. The van der Waals surface area contributed by atoms with Crippen molar-refractivity contribution in [3.63, 3.8) is 0 Å². The molecule has 0 unspecified atom stereocenters. The van der Waals surface area contributed by atoms with Gasteiger partial charge < -0.3 is 10.8 Å². The lowest BCUT2D eigenvalue weighted by molar-refractivity contribution is -0.132. The van der Waals surface area contributed by atoms with Gasteiger partial charge in [-0.3, -0.25) is 4.79 Å². The molecule has 1 rings (SSSR count). The van der Waals surface area contributed by atoms with Crippen molar-refractivity contribution in [1.29, 1.82) is 0 Å². The normalized spacial score (nSPS) is 9.43. The molecule has 4 heteroatoms. The highest BCUT2D eigenvalue weighted by Crippen LogP contribution is 2.11. The third kappa shape index (κ3) is 1.98. The van der Waals surface area contributed by atoms with Crippen LogP contribution in [0.15, 0.2) is 36.4 Å². The van der Waals surface area contributed by atoms with Gasteiger partial charge in [0.1, 0.15) is 5.57 Å². The van der Waals surface area contributed by atoms with E-state index in [0.29, 0.717) is 5.69 Å². The van der Waals surface area contributed by atoms with Crippen molar-refractivity contribution in [1.82, 2.24) is 0 Å². The van der Waals surface area contributed by atoms with Crippen molar-refractivity contribution >= 4 is 17.4 Å². The van der Waals surface area contributed by atoms with E-state index in [2.05, 4.69) is 6.58 Å². The number of benzene rings is 1. The first kappa shape index (κ1) is 9.98. The molecule has 0 fully saturated rings. The lowest BCUT2D eigenvalue weighted by atomic mass is 10.0. The molecule has 0 radical (unpaired) electrons. The summed E-state index contributed by atoms with van der Waals surface area (Å²) in [5, 5.41) is 8.53. The van der Waals surface area contributed by atoms with E-state index in [9.17, 15) is 9.59 Å². The lowest BCUT2D eigenvalue weighted by Gasteiger charge is -2.00. The number of Topliss-reactive ketones (excluding diaryl/α,β-unsaturated/α-hetero) is 1. The van der Waals surface area contributed by atoms with E-state index in [1.807, 2.05) is 0 Å². The Morgan fingerprint density at radius 3 is 2.50 bits per heavy atom. The number of carboxylic acid groups (broad SMARTS) is 1. The van der Waals surface area contributed by atoms with Crippen LogP contribution >= 0.6 is 0 Å². The molecule has 0 aliphatic rings. The van der Waals surface area contributed by atoms with Crippen molar-refractivity contribution in [2.45, 2.75) is 0 Å². The third-order valence-corrected chi connectivity index (χ3v) is 1.68. The van der Waals surface area contributed by atoms with Crippen molar-refractivity contribution < 1.29 is 14.7 Å². The summed E-state index contributed by atoms with van der Waals surface area (Å²) in [7, 11) is 0. The molecule has 0 bridgehead atoms. The monoisotopic (exact) mass is 191 g/mol. The Bertz CT molecular complexity index is 410. The fourth-order valence-electron chi connectivity index (χ4n) is 0.951. The van der Waals surface area contributed by atoms with Gasteiger partial charge >= 0.3 is 5.97 Å². The Morgan fingerprint density at radius 2 is 2.00 bits per heavy atom. The Labute approximate surface area is 80.7 Å². The molecule has 0 saturated heterocycles. The minimum absolute atomic E-state index is 0.234. The largest absolute Gasteiger partial charge is 0.478 e. The lowest BCUT2D eigenvalue weighted by Crippen LogP contribution is -2.11. The Morgan fingerprint density at radius 1 is 1.36 bits per heavy atom. The topological polar surface area (TPSA) is 80.4 Å². The third-order valence-electron chi connectivity index (χ3n) is 1.68. The fraction of sp³-hybridized carbons (Fsp3) is 0. The molecule has 0 spiro atoms. The van der Waals surface area contributed by atoms with Gasteiger partial charge in [0.15, 0.2) is 5.78 Å². The summed E-state index contributed by atoms with van der Waals surface area (Å²) in [5.41, 5.74) is 5.63. The Hall–Kier alpha value is -2.10. The number of aliphatic carboxylic acids is 1. The highest BCUT2D eigenvalue weighted by Gasteiger charge is 2.16. The van der Waals surface area contributed by atoms with Gasteiger partial charge in [-0.1, -0.05) is 18.7 Å². The first-order valence-electron chi connectivity index (χ1n) is 3.85. The van der Waals surface area contributed by atoms with E-state index in [-0.39, 0.29) is 5.56 Å². The maximum absolute atomic E-state index is 11.4. The Kier molecular flexibility index (Phi) is 2.67. The van der Waals surface area contributed by atoms with Crippen molar-refractivity contribution in [3.8, 4) is 0 Å². The van der Waals surface area contributed by atoms with E-state index in [1.54, 1.807) is 12.1 Å². The van der Waals surface area contributed by atoms with Crippen LogP contribution < -0.4 is 5.73 Å². The standard InChI is InChI=1S/C10H9NO3/c1-6(10(13)14)9(12)7-3-2-4-8(11)5-7/h2-5H,1,11H2,(H,13,14). The predicted octanol–water partition coefficient (Wildman–Crippen LogP) is 1.09. The SMILES string of the molecule is C=C(C(=O)O)C(=O)c1cccc(N)c1. The number of nitrogen functional groups attached to an aromatic ring is 1. The number of nitrogens with two attached hydrogens (primary N) is 1. The number of hydrogen-bond acceptors (Lipinski definition) is 3. The van der Waals surface area contributed by atoms with Crippen molar-refractivity contribution in [2.24, 2.45) is 0 Å². The molecule has 1 aromatic rings. The average Bonchev–Trinajstić information content (AvgIpc) is 2.15. The number of anilines is 1. The quantitative estimate of drug-likeness (QED) is 0.246. The van der Waals surface area contributed by atoms with E-state index in [1.165, 1.54) is 12.1 Å². The minimum atomic E-state index is -1.32. The summed E-state index contributed by atoms with van der Waals surface area (Å²) < 4.78 is 0. The van der Waals surface area contributed by atoms with Crippen molar-refractivity contribution in [2.75, 3.05) is 5.73 Å². The second-order valence-electron chi connectivity index (χ2n) is 2.74. The van der Waals surface area contributed by atoms with E-state index in [4.69, 9.17) is 10.8 Å². The number of hydrogen-bond donors (Lipinski definition) is 2. The molecule has 0 aliphatic carbocycles. The van der Waals surface area contributed by atoms with E-state index < -0.39 is 17.3 Å². The summed E-state index contributed by atoms with van der Waals surface area (Å²) >= 11 is 0. The summed E-state index contributed by atoms with van der Waals surface area (Å²) in [6, 6.07) is 6.10. The van der Waals surface area contributed by atoms with Crippen LogP contribution in [0.25, 0.3) is 0 Å². The van der Waals surface area contributed by atoms with Crippen LogP contribution in [-0.2, 0) is 4.79 Å². The van der Waals surface area contributed by atoms with Crippen LogP contribution in [0.4, 0.5) is 5.69 Å². The molecular formula is C10H9NO3. The zero-order valence-electron chi connectivity index (χ0n) is 7.36. The highest BCUT2D eigenvalue weighted by atomic mass is 16.4. The summed E-state index contributed by atoms with van der Waals surface area (Å²) in [4.78, 5) is 21.8. The second kappa shape index (κ2) is 3.74.